The topological polar surface area (TPSA) is 55.8 Å². The van der Waals surface area contributed by atoms with Crippen LogP contribution < -0.4 is 0 Å². The Kier molecular flexibility index (Phi) is 5.05. The number of ether oxygens (including phenoxy) is 2. The summed E-state index contributed by atoms with van der Waals surface area (Å²) in [4.78, 5) is 10.8. The molecule has 1 aliphatic rings. The molecular weight excluding hydrogens is 196 g/mol. The van der Waals surface area contributed by atoms with Gasteiger partial charge in [0.25, 0.3) is 0 Å². The number of rotatable bonds is 5. The largest absolute Gasteiger partial charge is 0.481 e. The third-order valence-electron chi connectivity index (χ3n) is 2.84. The van der Waals surface area contributed by atoms with Gasteiger partial charge in [-0.25, -0.2) is 0 Å². The van der Waals surface area contributed by atoms with Crippen molar-refractivity contribution in [2.24, 2.45) is 11.8 Å². The molecule has 0 aromatic heterocycles. The van der Waals surface area contributed by atoms with E-state index < -0.39 is 5.97 Å². The van der Waals surface area contributed by atoms with E-state index in [1.807, 2.05) is 6.92 Å². The maximum Gasteiger partial charge on any atom is 0.306 e. The fraction of sp³-hybridized carbons (Fsp3) is 0.909. The molecule has 2 atom stereocenters. The molecule has 0 aliphatic carbocycles. The molecule has 88 valence electrons. The minimum absolute atomic E-state index is 0.191. The van der Waals surface area contributed by atoms with Crippen LogP contribution in [0.3, 0.4) is 0 Å². The van der Waals surface area contributed by atoms with Crippen LogP contribution in [-0.2, 0) is 14.3 Å². The summed E-state index contributed by atoms with van der Waals surface area (Å²) < 4.78 is 11.0. The van der Waals surface area contributed by atoms with E-state index in [1.54, 1.807) is 6.92 Å². The minimum Gasteiger partial charge on any atom is -0.481 e. The second-order valence-corrected chi connectivity index (χ2v) is 4.11. The van der Waals surface area contributed by atoms with Gasteiger partial charge >= 0.3 is 5.97 Å². The highest BCUT2D eigenvalue weighted by Crippen LogP contribution is 2.24. The smallest absolute Gasteiger partial charge is 0.306 e. The zero-order chi connectivity index (χ0) is 11.3. The molecule has 15 heavy (non-hydrogen) atoms. The van der Waals surface area contributed by atoms with Crippen molar-refractivity contribution in [3.63, 3.8) is 0 Å². The van der Waals surface area contributed by atoms with Gasteiger partial charge in [0.05, 0.1) is 19.1 Å². The van der Waals surface area contributed by atoms with Crippen LogP contribution in [0.25, 0.3) is 0 Å². The third-order valence-corrected chi connectivity index (χ3v) is 2.84. The van der Waals surface area contributed by atoms with Gasteiger partial charge in [0, 0.05) is 5.92 Å². The van der Waals surface area contributed by atoms with Gasteiger partial charge in [-0.1, -0.05) is 13.8 Å². The Labute approximate surface area is 90.6 Å². The lowest BCUT2D eigenvalue weighted by Gasteiger charge is -2.30. The van der Waals surface area contributed by atoms with Crippen molar-refractivity contribution < 1.29 is 19.4 Å². The predicted molar refractivity (Wildman–Crippen MR) is 55.5 cm³/mol. The Morgan fingerprint density at radius 3 is 2.53 bits per heavy atom. The lowest BCUT2D eigenvalue weighted by Crippen LogP contribution is -2.33. The summed E-state index contributed by atoms with van der Waals surface area (Å²) in [7, 11) is 0. The second-order valence-electron chi connectivity index (χ2n) is 4.11. The molecule has 2 unspecified atom stereocenters. The number of carbonyl (C=O) groups is 1. The van der Waals surface area contributed by atoms with Crippen LogP contribution in [-0.4, -0.2) is 30.6 Å². The molecule has 0 spiro atoms. The van der Waals surface area contributed by atoms with Crippen LogP contribution in [0.5, 0.6) is 0 Å². The number of hydrogen-bond acceptors (Lipinski definition) is 3. The zero-order valence-corrected chi connectivity index (χ0v) is 9.44. The van der Waals surface area contributed by atoms with E-state index in [1.165, 1.54) is 0 Å². The maximum absolute atomic E-state index is 10.8. The van der Waals surface area contributed by atoms with Gasteiger partial charge in [-0.3, -0.25) is 4.79 Å². The summed E-state index contributed by atoms with van der Waals surface area (Å²) in [6.07, 6.45) is 2.24. The van der Waals surface area contributed by atoms with E-state index in [9.17, 15) is 4.79 Å². The number of hydrogen-bond donors (Lipinski definition) is 1. The Bertz CT molecular complexity index is 199. The van der Waals surface area contributed by atoms with Crippen molar-refractivity contribution in [3.05, 3.63) is 0 Å². The average molecular weight is 216 g/mol. The first-order valence-electron chi connectivity index (χ1n) is 5.61. The molecule has 0 aromatic rings. The van der Waals surface area contributed by atoms with Crippen LogP contribution in [0.1, 0.15) is 33.1 Å². The van der Waals surface area contributed by atoms with Crippen molar-refractivity contribution in [2.75, 3.05) is 13.2 Å². The molecule has 1 rings (SSSR count). The van der Waals surface area contributed by atoms with Gasteiger partial charge in [0.1, 0.15) is 0 Å². The number of carboxylic acids is 1. The van der Waals surface area contributed by atoms with Crippen molar-refractivity contribution in [2.45, 2.75) is 39.4 Å². The Morgan fingerprint density at radius 1 is 1.47 bits per heavy atom. The summed E-state index contributed by atoms with van der Waals surface area (Å²) in [5.74, 6) is -0.885. The second kappa shape index (κ2) is 6.08. The molecule has 0 radical (unpaired) electrons. The maximum atomic E-state index is 10.8. The van der Waals surface area contributed by atoms with Crippen LogP contribution in [0.15, 0.2) is 0 Å². The summed E-state index contributed by atoms with van der Waals surface area (Å²) >= 11 is 0. The first-order valence-corrected chi connectivity index (χ1v) is 5.61. The van der Waals surface area contributed by atoms with E-state index in [4.69, 9.17) is 14.6 Å². The van der Waals surface area contributed by atoms with Crippen molar-refractivity contribution in [1.29, 1.82) is 0 Å². The molecular formula is C11H20O4. The Morgan fingerprint density at radius 2 is 2.07 bits per heavy atom. The van der Waals surface area contributed by atoms with E-state index in [2.05, 4.69) is 0 Å². The molecule has 1 N–H and O–H groups in total. The molecule has 4 heteroatoms. The van der Waals surface area contributed by atoms with Crippen LogP contribution in [0, 0.1) is 11.8 Å². The normalized spacial score (nSPS) is 22.3. The standard InChI is InChI=1S/C11H20O4/c1-3-9(7-8(2)10(12)13)11-14-5-4-6-15-11/h8-9,11H,3-7H2,1-2H3,(H,12,13). The van der Waals surface area contributed by atoms with Gasteiger partial charge in [0.2, 0.25) is 0 Å². The van der Waals surface area contributed by atoms with E-state index >= 15 is 0 Å². The van der Waals surface area contributed by atoms with E-state index in [0.717, 1.165) is 26.1 Å². The molecule has 1 saturated heterocycles. The van der Waals surface area contributed by atoms with Crippen LogP contribution in [0.4, 0.5) is 0 Å². The summed E-state index contributed by atoms with van der Waals surface area (Å²) in [5, 5.41) is 8.84. The first kappa shape index (κ1) is 12.5. The Hall–Kier alpha value is -0.610. The summed E-state index contributed by atoms with van der Waals surface area (Å²) in [5.41, 5.74) is 0. The lowest BCUT2D eigenvalue weighted by atomic mass is 9.93. The summed E-state index contributed by atoms with van der Waals surface area (Å²) in [6.45, 7) is 5.22. The minimum atomic E-state index is -0.746. The highest BCUT2D eigenvalue weighted by atomic mass is 16.7. The predicted octanol–water partition coefficient (Wildman–Crippen LogP) is 1.89. The van der Waals surface area contributed by atoms with Crippen LogP contribution >= 0.6 is 0 Å². The van der Waals surface area contributed by atoms with Gasteiger partial charge in [-0.2, -0.15) is 0 Å². The van der Waals surface area contributed by atoms with E-state index in [-0.39, 0.29) is 18.1 Å². The van der Waals surface area contributed by atoms with Crippen molar-refractivity contribution in [1.82, 2.24) is 0 Å². The number of aliphatic carboxylic acids is 1. The molecule has 0 aromatic carbocycles. The van der Waals surface area contributed by atoms with Crippen LogP contribution in [0.2, 0.25) is 0 Å². The fourth-order valence-electron chi connectivity index (χ4n) is 1.80. The monoisotopic (exact) mass is 216 g/mol. The van der Waals surface area contributed by atoms with Gasteiger partial charge in [-0.15, -0.1) is 0 Å². The SMILES string of the molecule is CCC(CC(C)C(=O)O)C1OCCCO1. The highest BCUT2D eigenvalue weighted by Gasteiger charge is 2.27. The zero-order valence-electron chi connectivity index (χ0n) is 9.44. The average Bonchev–Trinajstić information content (AvgIpc) is 2.26. The molecule has 1 aliphatic heterocycles. The molecule has 1 heterocycles. The third kappa shape index (κ3) is 3.80. The van der Waals surface area contributed by atoms with Gasteiger partial charge in [-0.05, 0) is 19.3 Å². The molecule has 0 amide bonds. The Balaban J connectivity index is 2.43. The van der Waals surface area contributed by atoms with Crippen molar-refractivity contribution >= 4 is 5.97 Å². The molecule has 0 bridgehead atoms. The molecule has 1 fully saturated rings. The quantitative estimate of drug-likeness (QED) is 0.762. The number of carboxylic acid groups (broad SMARTS) is 1. The highest BCUT2D eigenvalue weighted by molar-refractivity contribution is 5.69. The fourth-order valence-corrected chi connectivity index (χ4v) is 1.80. The summed E-state index contributed by atoms with van der Waals surface area (Å²) in [6, 6.07) is 0. The van der Waals surface area contributed by atoms with E-state index in [0.29, 0.717) is 6.42 Å². The van der Waals surface area contributed by atoms with Crippen molar-refractivity contribution in [3.8, 4) is 0 Å². The lowest BCUT2D eigenvalue weighted by molar-refractivity contribution is -0.208. The first-order chi connectivity index (χ1) is 7.15. The van der Waals surface area contributed by atoms with Gasteiger partial charge < -0.3 is 14.6 Å². The molecule has 4 nitrogen and oxygen atoms in total. The molecule has 0 saturated carbocycles. The van der Waals surface area contributed by atoms with Gasteiger partial charge in [0.15, 0.2) is 6.29 Å².